The van der Waals surface area contributed by atoms with Crippen molar-refractivity contribution in [2.24, 2.45) is 0 Å². The molecular formula is C21H16FN3O3S. The number of halogens is 1. The normalized spacial score (nSPS) is 11.4. The van der Waals surface area contributed by atoms with Crippen molar-refractivity contribution in [1.29, 1.82) is 0 Å². The van der Waals surface area contributed by atoms with Gasteiger partial charge in [-0.3, -0.25) is 4.72 Å². The molecule has 1 heterocycles. The second-order valence-electron chi connectivity index (χ2n) is 6.37. The Morgan fingerprint density at radius 2 is 1.62 bits per heavy atom. The summed E-state index contributed by atoms with van der Waals surface area (Å²) < 4.78 is 47.3. The molecule has 1 aromatic heterocycles. The van der Waals surface area contributed by atoms with E-state index in [2.05, 4.69) is 14.9 Å². The molecule has 29 heavy (non-hydrogen) atoms. The van der Waals surface area contributed by atoms with E-state index >= 15 is 0 Å². The van der Waals surface area contributed by atoms with Gasteiger partial charge in [-0.2, -0.15) is 4.98 Å². The summed E-state index contributed by atoms with van der Waals surface area (Å²) in [5.74, 6) is -0.280. The van der Waals surface area contributed by atoms with E-state index in [-0.39, 0.29) is 22.0 Å². The third-order valence-corrected chi connectivity index (χ3v) is 5.68. The molecule has 4 rings (SSSR count). The van der Waals surface area contributed by atoms with E-state index < -0.39 is 15.8 Å². The van der Waals surface area contributed by atoms with E-state index in [1.807, 2.05) is 31.2 Å². The molecule has 4 aromatic rings. The van der Waals surface area contributed by atoms with Crippen LogP contribution >= 0.6 is 0 Å². The number of hydrogen-bond donors (Lipinski definition) is 1. The van der Waals surface area contributed by atoms with Gasteiger partial charge in [-0.15, -0.1) is 0 Å². The van der Waals surface area contributed by atoms with Crippen molar-refractivity contribution in [3.63, 3.8) is 0 Å². The largest absolute Gasteiger partial charge is 0.334 e. The Hall–Kier alpha value is -3.52. The fourth-order valence-corrected chi connectivity index (χ4v) is 4.04. The summed E-state index contributed by atoms with van der Waals surface area (Å²) in [6, 6.07) is 19.3. The minimum Gasteiger partial charge on any atom is -0.334 e. The summed E-state index contributed by atoms with van der Waals surface area (Å²) in [5.41, 5.74) is 1.92. The molecule has 0 saturated carbocycles. The highest BCUT2D eigenvalue weighted by Crippen LogP contribution is 2.29. The van der Waals surface area contributed by atoms with Gasteiger partial charge in [0.2, 0.25) is 5.82 Å². The highest BCUT2D eigenvalue weighted by atomic mass is 32.2. The van der Waals surface area contributed by atoms with Crippen LogP contribution in [0, 0.1) is 12.7 Å². The van der Waals surface area contributed by atoms with Gasteiger partial charge >= 0.3 is 0 Å². The van der Waals surface area contributed by atoms with Crippen molar-refractivity contribution in [2.45, 2.75) is 11.8 Å². The second-order valence-corrected chi connectivity index (χ2v) is 8.02. The first-order valence-corrected chi connectivity index (χ1v) is 10.2. The Balaban J connectivity index is 1.72. The summed E-state index contributed by atoms with van der Waals surface area (Å²) in [6.07, 6.45) is 0. The number of aryl methyl sites for hydroxylation is 1. The summed E-state index contributed by atoms with van der Waals surface area (Å²) in [4.78, 5) is 4.24. The zero-order valence-electron chi connectivity index (χ0n) is 15.3. The van der Waals surface area contributed by atoms with Crippen LogP contribution in [0.4, 0.5) is 10.1 Å². The number of nitrogens with one attached hydrogen (secondary N) is 1. The van der Waals surface area contributed by atoms with Crippen LogP contribution in [0.3, 0.4) is 0 Å². The summed E-state index contributed by atoms with van der Waals surface area (Å²) in [7, 11) is -4.09. The van der Waals surface area contributed by atoms with Gasteiger partial charge in [-0.05, 0) is 31.2 Å². The first-order valence-electron chi connectivity index (χ1n) is 8.71. The van der Waals surface area contributed by atoms with Gasteiger partial charge in [-0.1, -0.05) is 59.3 Å². The minimum atomic E-state index is -4.09. The molecule has 0 radical (unpaired) electrons. The number of anilines is 1. The molecule has 0 aliphatic rings. The van der Waals surface area contributed by atoms with Gasteiger partial charge in [0.15, 0.2) is 0 Å². The average Bonchev–Trinajstić information content (AvgIpc) is 3.20. The fraction of sp³-hybridized carbons (Fsp3) is 0.0476. The number of rotatable bonds is 5. The third kappa shape index (κ3) is 3.88. The summed E-state index contributed by atoms with van der Waals surface area (Å²) >= 11 is 0. The fourth-order valence-electron chi connectivity index (χ4n) is 2.77. The topological polar surface area (TPSA) is 85.1 Å². The lowest BCUT2D eigenvalue weighted by Gasteiger charge is -2.11. The van der Waals surface area contributed by atoms with Gasteiger partial charge < -0.3 is 4.52 Å². The van der Waals surface area contributed by atoms with Gasteiger partial charge in [0.1, 0.15) is 10.7 Å². The second kappa shape index (κ2) is 7.48. The Labute approximate surface area is 167 Å². The molecule has 0 fully saturated rings. The number of nitrogens with zero attached hydrogens (tertiary/aromatic N) is 2. The molecule has 0 saturated heterocycles. The molecule has 0 bridgehead atoms. The number of sulfonamides is 1. The predicted molar refractivity (Wildman–Crippen MR) is 107 cm³/mol. The van der Waals surface area contributed by atoms with Crippen LogP contribution in [-0.4, -0.2) is 18.6 Å². The lowest BCUT2D eigenvalue weighted by molar-refractivity contribution is 0.431. The smallest absolute Gasteiger partial charge is 0.262 e. The van der Waals surface area contributed by atoms with E-state index in [9.17, 15) is 12.8 Å². The first kappa shape index (κ1) is 18.8. The van der Waals surface area contributed by atoms with Crippen LogP contribution in [0.2, 0.25) is 0 Å². The van der Waals surface area contributed by atoms with E-state index in [1.54, 1.807) is 24.3 Å². The molecular weight excluding hydrogens is 393 g/mol. The SMILES string of the molecule is Cc1ccc(-c2noc(-c3ccccc3S(=O)(=O)Nc3ccccc3F)n2)cc1. The maximum Gasteiger partial charge on any atom is 0.262 e. The Bertz CT molecular complexity index is 1270. The maximum atomic E-state index is 13.9. The minimum absolute atomic E-state index is 0.0510. The van der Waals surface area contributed by atoms with Crippen LogP contribution in [0.15, 0.2) is 82.2 Å². The van der Waals surface area contributed by atoms with E-state index in [4.69, 9.17) is 4.52 Å². The lowest BCUT2D eigenvalue weighted by atomic mass is 10.1. The quantitative estimate of drug-likeness (QED) is 0.519. The number of aromatic nitrogens is 2. The van der Waals surface area contributed by atoms with Crippen molar-refractivity contribution in [3.05, 3.63) is 84.2 Å². The van der Waals surface area contributed by atoms with Crippen molar-refractivity contribution in [2.75, 3.05) is 4.72 Å². The van der Waals surface area contributed by atoms with Gasteiger partial charge in [0.25, 0.3) is 15.9 Å². The van der Waals surface area contributed by atoms with Crippen LogP contribution in [-0.2, 0) is 10.0 Å². The highest BCUT2D eigenvalue weighted by molar-refractivity contribution is 7.92. The van der Waals surface area contributed by atoms with Crippen molar-refractivity contribution in [3.8, 4) is 22.8 Å². The molecule has 3 aromatic carbocycles. The standard InChI is InChI=1S/C21H16FN3O3S/c1-14-10-12-15(13-11-14)20-23-21(28-24-20)16-6-2-5-9-19(16)29(26,27)25-18-8-4-3-7-17(18)22/h2-13,25H,1H3. The molecule has 0 spiro atoms. The maximum absolute atomic E-state index is 13.9. The van der Waals surface area contributed by atoms with Crippen LogP contribution in [0.25, 0.3) is 22.8 Å². The lowest BCUT2D eigenvalue weighted by Crippen LogP contribution is -2.15. The zero-order chi connectivity index (χ0) is 20.4. The molecule has 0 atom stereocenters. The molecule has 6 nitrogen and oxygen atoms in total. The zero-order valence-corrected chi connectivity index (χ0v) is 16.2. The summed E-state index contributed by atoms with van der Waals surface area (Å²) in [5, 5.41) is 3.95. The van der Waals surface area contributed by atoms with Crippen LogP contribution in [0.1, 0.15) is 5.56 Å². The highest BCUT2D eigenvalue weighted by Gasteiger charge is 2.23. The molecule has 0 aliphatic heterocycles. The number of hydrogen-bond acceptors (Lipinski definition) is 5. The predicted octanol–water partition coefficient (Wildman–Crippen LogP) is 4.65. The first-order chi connectivity index (χ1) is 13.9. The molecule has 0 aliphatic carbocycles. The molecule has 0 unspecified atom stereocenters. The summed E-state index contributed by atoms with van der Waals surface area (Å²) in [6.45, 7) is 1.97. The third-order valence-electron chi connectivity index (χ3n) is 4.26. The van der Waals surface area contributed by atoms with Crippen LogP contribution in [0.5, 0.6) is 0 Å². The monoisotopic (exact) mass is 409 g/mol. The van der Waals surface area contributed by atoms with Gasteiger partial charge in [0, 0.05) is 5.56 Å². The van der Waals surface area contributed by atoms with Crippen molar-refractivity contribution in [1.82, 2.24) is 10.1 Å². The van der Waals surface area contributed by atoms with Gasteiger partial charge in [-0.25, -0.2) is 12.8 Å². The molecule has 146 valence electrons. The van der Waals surface area contributed by atoms with Crippen molar-refractivity contribution < 1.29 is 17.3 Å². The van der Waals surface area contributed by atoms with E-state index in [1.165, 1.54) is 24.3 Å². The van der Waals surface area contributed by atoms with Gasteiger partial charge in [0.05, 0.1) is 11.3 Å². The average molecular weight is 409 g/mol. The van der Waals surface area contributed by atoms with Crippen LogP contribution < -0.4 is 4.72 Å². The van der Waals surface area contributed by atoms with Crippen molar-refractivity contribution >= 4 is 15.7 Å². The number of benzene rings is 3. The molecule has 8 heteroatoms. The van der Waals surface area contributed by atoms with E-state index in [0.29, 0.717) is 5.82 Å². The molecule has 1 N–H and O–H groups in total. The molecule has 0 amide bonds. The Morgan fingerprint density at radius 1 is 0.931 bits per heavy atom. The van der Waals surface area contributed by atoms with E-state index in [0.717, 1.165) is 11.1 Å². The Kier molecular flexibility index (Phi) is 4.85. The number of para-hydroxylation sites is 1. The Morgan fingerprint density at radius 3 is 2.38 bits per heavy atom.